The molecule has 0 aromatic heterocycles. The first-order valence-electron chi connectivity index (χ1n) is 18.2. The molecule has 0 N–H and O–H groups in total. The minimum atomic E-state index is -3.84. The van der Waals surface area contributed by atoms with E-state index in [4.69, 9.17) is 18.3 Å². The predicted molar refractivity (Wildman–Crippen MR) is 181 cm³/mol. The second-order valence-corrected chi connectivity index (χ2v) is 15.1. The van der Waals surface area contributed by atoms with Gasteiger partial charge in [-0.15, -0.1) is 0 Å². The van der Waals surface area contributed by atoms with Crippen molar-refractivity contribution < 1.29 is 32.2 Å². The number of rotatable bonds is 33. The van der Waals surface area contributed by atoms with Crippen LogP contribution in [-0.4, -0.2) is 57.6 Å². The molecule has 0 aliphatic rings. The third kappa shape index (κ3) is 31.3. The lowest BCUT2D eigenvalue weighted by Gasteiger charge is -2.26. The molecular weight excluding hydrogens is 561 g/mol. The number of esters is 1. The van der Waals surface area contributed by atoms with Crippen molar-refractivity contribution in [2.24, 2.45) is 0 Å². The average molecular weight is 635 g/mol. The maximum Gasteiger partial charge on any atom is 0.478 e. The van der Waals surface area contributed by atoms with Gasteiger partial charge in [0.25, 0.3) is 0 Å². The second-order valence-electron chi connectivity index (χ2n) is 13.5. The van der Waals surface area contributed by atoms with E-state index < -0.39 is 14.1 Å². The van der Waals surface area contributed by atoms with Gasteiger partial charge < -0.3 is 9.22 Å². The van der Waals surface area contributed by atoms with Crippen LogP contribution >= 0.6 is 7.82 Å². The number of carbonyl (C=O) groups is 1. The Labute approximate surface area is 267 Å². The number of nitrogens with zero attached hydrogens (tertiary/aromatic N) is 1. The number of phosphoric acid groups is 1. The fourth-order valence-electron chi connectivity index (χ4n) is 5.02. The molecule has 0 aromatic rings. The Balaban J connectivity index is 4.19. The van der Waals surface area contributed by atoms with Gasteiger partial charge in [-0.2, -0.15) is 0 Å². The maximum atomic E-state index is 13.4. The maximum absolute atomic E-state index is 13.4. The fraction of sp³-hybridized carbons (Fsp3) is 0.971. The zero-order chi connectivity index (χ0) is 32.1. The Morgan fingerprint density at radius 3 is 1.37 bits per heavy atom. The summed E-state index contributed by atoms with van der Waals surface area (Å²) in [6.07, 6.45) is 27.9. The molecule has 2 unspecified atom stereocenters. The largest absolute Gasteiger partial charge is 0.478 e. The first kappa shape index (κ1) is 42.5. The molecule has 43 heavy (non-hydrogen) atoms. The summed E-state index contributed by atoms with van der Waals surface area (Å²) in [7, 11) is 2.29. The first-order valence-corrected chi connectivity index (χ1v) is 19.7. The summed E-state index contributed by atoms with van der Waals surface area (Å²) in [5.41, 5.74) is 0. The van der Waals surface area contributed by atoms with Gasteiger partial charge in [-0.1, -0.05) is 149 Å². The molecule has 0 spiro atoms. The highest BCUT2D eigenvalue weighted by molar-refractivity contribution is 7.48. The van der Waals surface area contributed by atoms with Gasteiger partial charge in [0.15, 0.2) is 0 Å². The summed E-state index contributed by atoms with van der Waals surface area (Å²) in [6.45, 7) is 7.28. The highest BCUT2D eigenvalue weighted by Crippen LogP contribution is 2.50. The van der Waals surface area contributed by atoms with Crippen molar-refractivity contribution >= 4 is 13.8 Å². The van der Waals surface area contributed by atoms with Gasteiger partial charge >= 0.3 is 13.8 Å². The molecule has 0 saturated heterocycles. The Bertz CT molecular complexity index is 669. The highest BCUT2D eigenvalue weighted by atomic mass is 31.2. The minimum Gasteiger partial charge on any atom is -0.435 e. The van der Waals surface area contributed by atoms with Crippen LogP contribution in [0.5, 0.6) is 0 Å². The van der Waals surface area contributed by atoms with Gasteiger partial charge in [0.05, 0.1) is 27.7 Å². The molecule has 0 fully saturated rings. The van der Waals surface area contributed by atoms with Crippen molar-refractivity contribution in [2.45, 2.75) is 181 Å². The summed E-state index contributed by atoms with van der Waals surface area (Å²) >= 11 is 0. The lowest BCUT2D eigenvalue weighted by molar-refractivity contribution is -0.870. The first-order chi connectivity index (χ1) is 20.6. The van der Waals surface area contributed by atoms with Crippen LogP contribution < -0.4 is 0 Å². The van der Waals surface area contributed by atoms with Crippen molar-refractivity contribution in [1.29, 1.82) is 0 Å². The van der Waals surface area contributed by atoms with E-state index in [2.05, 4.69) is 13.8 Å². The highest BCUT2D eigenvalue weighted by Gasteiger charge is 2.31. The van der Waals surface area contributed by atoms with E-state index in [0.717, 1.165) is 38.5 Å². The summed E-state index contributed by atoms with van der Waals surface area (Å²) < 4.78 is 36.4. The second kappa shape index (κ2) is 29.0. The number of carbonyl (C=O) groups excluding carboxylic acids is 1. The standard InChI is InChI=1S/C35H73NO6P/c1-7-9-11-13-15-17-18-19-20-21-23-25-27-29-32-39-43(38,40-33-31-36(4,5)6)42-34(3)41-35(37)30-28-26-24-22-16-14-12-10-8-2/h34H,7-33H2,1-6H3/q+1. The Morgan fingerprint density at radius 1 is 0.581 bits per heavy atom. The number of unbranched alkanes of at least 4 members (excludes halogenated alkanes) is 21. The number of quaternary nitrogens is 1. The zero-order valence-corrected chi connectivity index (χ0v) is 30.4. The van der Waals surface area contributed by atoms with Gasteiger partial charge in [0.1, 0.15) is 13.2 Å². The molecule has 0 aliphatic heterocycles. The third-order valence-electron chi connectivity index (χ3n) is 7.82. The summed E-state index contributed by atoms with van der Waals surface area (Å²) in [4.78, 5) is 12.3. The van der Waals surface area contributed by atoms with Crippen LogP contribution in [0.25, 0.3) is 0 Å². The molecule has 0 rings (SSSR count). The number of likely N-dealkylation sites (N-methyl/N-ethyl adjacent to an activating group) is 1. The van der Waals surface area contributed by atoms with Gasteiger partial charge in [-0.25, -0.2) is 9.09 Å². The molecule has 0 heterocycles. The van der Waals surface area contributed by atoms with E-state index in [1.807, 2.05) is 21.1 Å². The molecule has 0 saturated carbocycles. The topological polar surface area (TPSA) is 71.1 Å². The number of hydrogen-bond donors (Lipinski definition) is 0. The summed E-state index contributed by atoms with van der Waals surface area (Å²) in [5.74, 6) is -0.333. The van der Waals surface area contributed by atoms with E-state index in [-0.39, 0.29) is 12.6 Å². The molecule has 0 aliphatic carbocycles. The molecule has 2 atom stereocenters. The van der Waals surface area contributed by atoms with Crippen molar-refractivity contribution in [1.82, 2.24) is 0 Å². The van der Waals surface area contributed by atoms with Crippen molar-refractivity contribution in [3.8, 4) is 0 Å². The predicted octanol–water partition coefficient (Wildman–Crippen LogP) is 11.1. The summed E-state index contributed by atoms with van der Waals surface area (Å²) in [6, 6.07) is 0. The monoisotopic (exact) mass is 635 g/mol. The van der Waals surface area contributed by atoms with E-state index in [9.17, 15) is 9.36 Å². The van der Waals surface area contributed by atoms with Gasteiger partial charge in [-0.3, -0.25) is 13.8 Å². The van der Waals surface area contributed by atoms with E-state index >= 15 is 0 Å². The molecule has 0 amide bonds. The fourth-order valence-corrected chi connectivity index (χ4v) is 6.29. The van der Waals surface area contributed by atoms with Crippen LogP contribution in [-0.2, 0) is 27.7 Å². The number of ether oxygens (including phenoxy) is 1. The lowest BCUT2D eigenvalue weighted by atomic mass is 10.0. The van der Waals surface area contributed by atoms with Crippen LogP contribution in [0.4, 0.5) is 0 Å². The van der Waals surface area contributed by atoms with Crippen LogP contribution in [0.1, 0.15) is 175 Å². The van der Waals surface area contributed by atoms with Crippen LogP contribution in [0.15, 0.2) is 0 Å². The third-order valence-corrected chi connectivity index (χ3v) is 9.37. The van der Waals surface area contributed by atoms with E-state index in [1.165, 1.54) is 109 Å². The zero-order valence-electron chi connectivity index (χ0n) is 29.5. The Kier molecular flexibility index (Phi) is 28.7. The van der Waals surface area contributed by atoms with Crippen molar-refractivity contribution in [3.63, 3.8) is 0 Å². The Morgan fingerprint density at radius 2 is 0.953 bits per heavy atom. The SMILES string of the molecule is CCCCCCCCCCCCCCCCOP(=O)(OCC[N+](C)(C)C)OC(C)OC(=O)CCCCCCCCCCC. The van der Waals surface area contributed by atoms with Crippen LogP contribution in [0.2, 0.25) is 0 Å². The molecular formula is C35H73NO6P+. The van der Waals surface area contributed by atoms with Crippen LogP contribution in [0, 0.1) is 0 Å². The van der Waals surface area contributed by atoms with E-state index in [0.29, 0.717) is 24.1 Å². The van der Waals surface area contributed by atoms with Crippen LogP contribution in [0.3, 0.4) is 0 Å². The smallest absolute Gasteiger partial charge is 0.435 e. The minimum absolute atomic E-state index is 0.235. The van der Waals surface area contributed by atoms with Gasteiger partial charge in [0.2, 0.25) is 6.29 Å². The lowest BCUT2D eigenvalue weighted by Crippen LogP contribution is -2.37. The van der Waals surface area contributed by atoms with Crippen molar-refractivity contribution in [2.75, 3.05) is 40.9 Å². The number of hydrogen-bond acceptors (Lipinski definition) is 6. The number of phosphoric ester groups is 1. The van der Waals surface area contributed by atoms with Crippen molar-refractivity contribution in [3.05, 3.63) is 0 Å². The van der Waals surface area contributed by atoms with E-state index in [1.54, 1.807) is 6.92 Å². The molecule has 0 radical (unpaired) electrons. The van der Waals surface area contributed by atoms with Gasteiger partial charge in [0, 0.05) is 6.42 Å². The molecule has 258 valence electrons. The quantitative estimate of drug-likeness (QED) is 0.0235. The Hall–Kier alpha value is -0.460. The molecule has 0 aromatic carbocycles. The molecule has 0 bridgehead atoms. The average Bonchev–Trinajstić information content (AvgIpc) is 2.93. The molecule has 8 heteroatoms. The summed E-state index contributed by atoms with van der Waals surface area (Å²) in [5, 5.41) is 0. The normalized spacial score (nSPS) is 14.1. The molecule has 7 nitrogen and oxygen atoms in total. The van der Waals surface area contributed by atoms with Gasteiger partial charge in [-0.05, 0) is 19.8 Å².